The van der Waals surface area contributed by atoms with Gasteiger partial charge in [0.25, 0.3) is 23.6 Å². The van der Waals surface area contributed by atoms with E-state index < -0.39 is 35.5 Å². The zero-order valence-electron chi connectivity index (χ0n) is 32.7. The number of anilines is 3. The van der Waals surface area contributed by atoms with Crippen molar-refractivity contribution in [3.63, 3.8) is 0 Å². The Bertz CT molecular complexity index is 2720. The first kappa shape index (κ1) is 39.9. The van der Waals surface area contributed by atoms with Crippen molar-refractivity contribution in [1.29, 1.82) is 0 Å². The van der Waals surface area contributed by atoms with Crippen LogP contribution >= 0.6 is 0 Å². The maximum atomic E-state index is 15.5. The van der Waals surface area contributed by atoms with Gasteiger partial charge in [0.2, 0.25) is 11.8 Å². The molecular weight excluding hydrogens is 786 g/mol. The van der Waals surface area contributed by atoms with Crippen molar-refractivity contribution in [2.45, 2.75) is 44.8 Å². The number of pyridine rings is 2. The molecule has 6 aromatic rings. The van der Waals surface area contributed by atoms with E-state index in [2.05, 4.69) is 46.9 Å². The van der Waals surface area contributed by atoms with Crippen LogP contribution in [0.5, 0.6) is 0 Å². The molecule has 61 heavy (non-hydrogen) atoms. The summed E-state index contributed by atoms with van der Waals surface area (Å²) in [6.07, 6.45) is 5.97. The molecule has 8 rings (SSSR count). The fourth-order valence-corrected chi connectivity index (χ4v) is 7.30. The minimum Gasteiger partial charge on any atom is -0.379 e. The Morgan fingerprint density at radius 1 is 0.902 bits per heavy atom. The van der Waals surface area contributed by atoms with Crippen LogP contribution in [0.15, 0.2) is 91.4 Å². The number of benzene rings is 3. The van der Waals surface area contributed by atoms with E-state index in [4.69, 9.17) is 0 Å². The van der Waals surface area contributed by atoms with E-state index in [0.717, 1.165) is 10.6 Å². The number of carbonyl (C=O) groups is 6. The first-order valence-corrected chi connectivity index (χ1v) is 19.5. The third kappa shape index (κ3) is 8.23. The summed E-state index contributed by atoms with van der Waals surface area (Å²) >= 11 is 0. The Kier molecular flexibility index (Phi) is 11.2. The summed E-state index contributed by atoms with van der Waals surface area (Å²) in [5.74, 6) is -3.60. The highest BCUT2D eigenvalue weighted by Gasteiger charge is 2.45. The van der Waals surface area contributed by atoms with E-state index in [1.807, 2.05) is 30.3 Å². The fraction of sp³-hybridized carbons (Fsp3) is 0.209. The number of amides is 6. The largest absolute Gasteiger partial charge is 0.379 e. The lowest BCUT2D eigenvalue weighted by atomic mass is 10.0. The topological polar surface area (TPSA) is 222 Å². The molecule has 17 nitrogen and oxygen atoms in total. The average molecular weight is 824 g/mol. The molecule has 1 fully saturated rings. The second-order valence-corrected chi connectivity index (χ2v) is 14.4. The molecule has 2 aliphatic heterocycles. The SMILES string of the molecule is CNC(=O)c1cnc2cc(F)c(-c3ccc(C(=O)NCCCCn4cc(CNc5cccc6c5C(=O)N(C5CCC(=O)NC5=O)C6=O)nn4)nc3)cc2c1Nc1ccccc1. The molecule has 0 bridgehead atoms. The Balaban J connectivity index is 0.838. The normalized spacial score (nSPS) is 14.8. The number of nitrogens with one attached hydrogen (secondary N) is 5. The molecule has 6 amide bonds. The highest BCUT2D eigenvalue weighted by atomic mass is 19.1. The van der Waals surface area contributed by atoms with Crippen LogP contribution < -0.4 is 26.6 Å². The van der Waals surface area contributed by atoms with Gasteiger partial charge in [-0.15, -0.1) is 5.10 Å². The minimum atomic E-state index is -1.06. The molecule has 0 saturated carbocycles. The number of hydrogen-bond donors (Lipinski definition) is 5. The quantitative estimate of drug-likeness (QED) is 0.0764. The molecule has 5 N–H and O–H groups in total. The van der Waals surface area contributed by atoms with Crippen molar-refractivity contribution < 1.29 is 33.2 Å². The number of piperidine rings is 1. The summed E-state index contributed by atoms with van der Waals surface area (Å²) in [6.45, 7) is 1.09. The van der Waals surface area contributed by atoms with Crippen LogP contribution in [-0.4, -0.2) is 84.9 Å². The summed E-state index contributed by atoms with van der Waals surface area (Å²) in [7, 11) is 1.52. The van der Waals surface area contributed by atoms with Gasteiger partial charge < -0.3 is 21.3 Å². The summed E-state index contributed by atoms with van der Waals surface area (Å²) in [5.41, 5.74) is 3.96. The molecule has 0 spiro atoms. The van der Waals surface area contributed by atoms with Crippen molar-refractivity contribution in [3.05, 3.63) is 125 Å². The number of para-hydroxylation sites is 1. The van der Waals surface area contributed by atoms with E-state index in [-0.39, 0.29) is 59.1 Å². The molecule has 3 aromatic carbocycles. The van der Waals surface area contributed by atoms with Gasteiger partial charge in [-0.05, 0) is 55.7 Å². The van der Waals surface area contributed by atoms with Crippen LogP contribution in [0, 0.1) is 5.82 Å². The van der Waals surface area contributed by atoms with Gasteiger partial charge >= 0.3 is 0 Å². The Hall–Kier alpha value is -7.89. The highest BCUT2D eigenvalue weighted by Crippen LogP contribution is 2.35. The number of rotatable bonds is 14. The minimum absolute atomic E-state index is 0.0313. The van der Waals surface area contributed by atoms with Crippen LogP contribution in [-0.2, 0) is 22.7 Å². The lowest BCUT2D eigenvalue weighted by Crippen LogP contribution is -2.54. The molecule has 2 aliphatic rings. The molecule has 3 aromatic heterocycles. The molecular formula is C43H38FN11O6. The van der Waals surface area contributed by atoms with Gasteiger partial charge in [-0.25, -0.2) is 4.39 Å². The van der Waals surface area contributed by atoms with Gasteiger partial charge in [0.1, 0.15) is 23.2 Å². The van der Waals surface area contributed by atoms with Crippen molar-refractivity contribution in [3.8, 4) is 11.1 Å². The van der Waals surface area contributed by atoms with Gasteiger partial charge in [0, 0.05) is 72.9 Å². The molecule has 308 valence electrons. The highest BCUT2D eigenvalue weighted by molar-refractivity contribution is 6.25. The standard InChI is InChI=1S/C43H38FN11O6/c1-45-39(57)30-22-49-34-19-31(44)28(18-29(34)38(30)50-25-8-3-2-4-9-25)24-12-13-33(47-20-24)40(58)46-16-5-6-17-54-23-26(52-53-54)21-48-32-11-7-10-27-37(32)43(61)55(42(27)60)35-14-15-36(56)51-41(35)59/h2-4,7-13,18-20,22-23,35,48H,5-6,14-17,21H2,1H3,(H,45,57)(H,46,58)(H,49,50)(H,51,56,59). The fourth-order valence-electron chi connectivity index (χ4n) is 7.30. The third-order valence-electron chi connectivity index (χ3n) is 10.4. The van der Waals surface area contributed by atoms with Gasteiger partial charge in [-0.2, -0.15) is 0 Å². The smallest absolute Gasteiger partial charge is 0.269 e. The molecule has 0 aliphatic carbocycles. The molecule has 1 unspecified atom stereocenters. The average Bonchev–Trinajstić information content (AvgIpc) is 3.83. The number of aromatic nitrogens is 5. The van der Waals surface area contributed by atoms with Gasteiger partial charge in [-0.3, -0.25) is 53.6 Å². The Morgan fingerprint density at radius 2 is 1.74 bits per heavy atom. The van der Waals surface area contributed by atoms with Gasteiger partial charge in [0.15, 0.2) is 0 Å². The van der Waals surface area contributed by atoms with E-state index in [1.54, 1.807) is 35.1 Å². The Morgan fingerprint density at radius 3 is 2.51 bits per heavy atom. The third-order valence-corrected chi connectivity index (χ3v) is 10.4. The second kappa shape index (κ2) is 17.1. The maximum absolute atomic E-state index is 15.5. The van der Waals surface area contributed by atoms with Crippen molar-refractivity contribution in [1.82, 2.24) is 45.8 Å². The maximum Gasteiger partial charge on any atom is 0.269 e. The molecule has 0 radical (unpaired) electrons. The number of halogens is 1. The van der Waals surface area contributed by atoms with Gasteiger partial charge in [-0.1, -0.05) is 35.5 Å². The number of carbonyl (C=O) groups excluding carboxylic acids is 6. The lowest BCUT2D eigenvalue weighted by Gasteiger charge is -2.27. The van der Waals surface area contributed by atoms with Crippen molar-refractivity contribution in [2.75, 3.05) is 24.2 Å². The van der Waals surface area contributed by atoms with Gasteiger partial charge in [0.05, 0.1) is 40.6 Å². The van der Waals surface area contributed by atoms with Crippen LogP contribution in [0.3, 0.4) is 0 Å². The number of unbranched alkanes of at least 4 members (excludes halogenated alkanes) is 1. The summed E-state index contributed by atoms with van der Waals surface area (Å²) in [4.78, 5) is 85.8. The Labute approximate surface area is 347 Å². The number of fused-ring (bicyclic) bond motifs is 2. The first-order chi connectivity index (χ1) is 29.6. The van der Waals surface area contributed by atoms with Crippen LogP contribution in [0.2, 0.25) is 0 Å². The molecule has 18 heteroatoms. The summed E-state index contributed by atoms with van der Waals surface area (Å²) in [6, 6.07) is 19.1. The molecule has 5 heterocycles. The predicted molar refractivity (Wildman–Crippen MR) is 220 cm³/mol. The van der Waals surface area contributed by atoms with E-state index >= 15 is 4.39 Å². The summed E-state index contributed by atoms with van der Waals surface area (Å²) in [5, 5.41) is 23.0. The number of hydrogen-bond acceptors (Lipinski definition) is 12. The van der Waals surface area contributed by atoms with E-state index in [9.17, 15) is 28.8 Å². The number of imide groups is 2. The zero-order valence-corrected chi connectivity index (χ0v) is 32.7. The lowest BCUT2D eigenvalue weighted by molar-refractivity contribution is -0.136. The predicted octanol–water partition coefficient (Wildman–Crippen LogP) is 4.35. The zero-order chi connectivity index (χ0) is 42.6. The van der Waals surface area contributed by atoms with Crippen LogP contribution in [0.25, 0.3) is 22.0 Å². The van der Waals surface area contributed by atoms with E-state index in [0.29, 0.717) is 59.5 Å². The van der Waals surface area contributed by atoms with Crippen molar-refractivity contribution in [2.24, 2.45) is 0 Å². The number of aryl methyl sites for hydroxylation is 1. The first-order valence-electron chi connectivity index (χ1n) is 19.5. The monoisotopic (exact) mass is 823 g/mol. The number of nitrogens with zero attached hydrogens (tertiary/aromatic N) is 6. The molecule has 1 atom stereocenters. The second-order valence-electron chi connectivity index (χ2n) is 14.4. The van der Waals surface area contributed by atoms with Crippen molar-refractivity contribution >= 4 is 63.4 Å². The van der Waals surface area contributed by atoms with Crippen LogP contribution in [0.4, 0.5) is 21.5 Å². The van der Waals surface area contributed by atoms with E-state index in [1.165, 1.54) is 37.6 Å². The molecule has 1 saturated heterocycles. The summed E-state index contributed by atoms with van der Waals surface area (Å²) < 4.78 is 17.1. The van der Waals surface area contributed by atoms with Crippen LogP contribution in [0.1, 0.15) is 72.9 Å².